The number of amides is 1. The Hall–Kier alpha value is -2.77. The molecule has 1 aromatic carbocycles. The van der Waals surface area contributed by atoms with Gasteiger partial charge in [-0.05, 0) is 36.1 Å². The number of aromatic amines is 1. The molecule has 0 aliphatic heterocycles. The number of rotatable bonds is 6. The number of carbonyl (C=O) groups is 1. The molecule has 4 aromatic rings. The number of carbonyl (C=O) groups excluding carboxylic acids is 1. The second kappa shape index (κ2) is 7.85. The monoisotopic (exact) mass is 397 g/mol. The summed E-state index contributed by atoms with van der Waals surface area (Å²) in [4.78, 5) is 29.6. The molecule has 0 aliphatic carbocycles. The van der Waals surface area contributed by atoms with E-state index < -0.39 is 0 Å². The van der Waals surface area contributed by atoms with Crippen LogP contribution in [0.5, 0.6) is 0 Å². The number of nitrogens with zero attached hydrogens (tertiary/aromatic N) is 3. The minimum Gasteiger partial charge on any atom is -0.352 e. The van der Waals surface area contributed by atoms with E-state index in [-0.39, 0.29) is 5.91 Å². The molecule has 1 amide bonds. The van der Waals surface area contributed by atoms with E-state index in [2.05, 4.69) is 25.3 Å². The quantitative estimate of drug-likeness (QED) is 0.480. The number of aromatic nitrogens is 4. The van der Waals surface area contributed by atoms with Crippen LogP contribution in [0.25, 0.3) is 21.6 Å². The zero-order valence-electron chi connectivity index (χ0n) is 14.3. The minimum absolute atomic E-state index is 0.134. The highest BCUT2D eigenvalue weighted by Crippen LogP contribution is 2.30. The lowest BCUT2D eigenvalue weighted by Crippen LogP contribution is -2.24. The summed E-state index contributed by atoms with van der Waals surface area (Å²) in [6, 6.07) is 9.14. The number of benzene rings is 1. The van der Waals surface area contributed by atoms with Gasteiger partial charge in [-0.15, -0.1) is 11.3 Å². The van der Waals surface area contributed by atoms with Crippen LogP contribution in [0, 0.1) is 0 Å². The molecule has 0 radical (unpaired) electrons. The molecule has 0 bridgehead atoms. The van der Waals surface area contributed by atoms with E-state index in [4.69, 9.17) is 11.6 Å². The fourth-order valence-corrected chi connectivity index (χ4v) is 3.74. The molecule has 3 heterocycles. The third kappa shape index (κ3) is 3.99. The minimum atomic E-state index is -0.134. The maximum Gasteiger partial charge on any atom is 0.251 e. The first-order valence-electron chi connectivity index (χ1n) is 8.48. The maximum atomic E-state index is 12.4. The van der Waals surface area contributed by atoms with Gasteiger partial charge in [0.1, 0.15) is 11.5 Å². The highest BCUT2D eigenvalue weighted by atomic mass is 35.5. The number of H-pyrrole nitrogens is 1. The lowest BCUT2D eigenvalue weighted by Gasteiger charge is -2.07. The third-order valence-electron chi connectivity index (χ3n) is 4.07. The summed E-state index contributed by atoms with van der Waals surface area (Å²) in [5.74, 6) is 0.786. The molecule has 27 heavy (non-hydrogen) atoms. The lowest BCUT2D eigenvalue weighted by atomic mass is 10.1. The zero-order valence-corrected chi connectivity index (χ0v) is 15.8. The van der Waals surface area contributed by atoms with Crippen LogP contribution in [0.3, 0.4) is 0 Å². The van der Waals surface area contributed by atoms with Gasteiger partial charge in [0.05, 0.1) is 15.9 Å². The highest BCUT2D eigenvalue weighted by Gasteiger charge is 2.12. The first-order valence-corrected chi connectivity index (χ1v) is 9.74. The molecule has 3 aromatic heterocycles. The largest absolute Gasteiger partial charge is 0.352 e. The van der Waals surface area contributed by atoms with E-state index in [1.165, 1.54) is 0 Å². The van der Waals surface area contributed by atoms with E-state index in [1.54, 1.807) is 41.9 Å². The molecule has 136 valence electrons. The first kappa shape index (κ1) is 17.6. The molecule has 0 atom stereocenters. The van der Waals surface area contributed by atoms with Crippen LogP contribution in [-0.2, 0) is 6.42 Å². The van der Waals surface area contributed by atoms with Gasteiger partial charge in [0.15, 0.2) is 5.15 Å². The molecule has 4 rings (SSSR count). The Morgan fingerprint density at radius 3 is 2.93 bits per heavy atom. The molecule has 6 nitrogen and oxygen atoms in total. The van der Waals surface area contributed by atoms with Gasteiger partial charge >= 0.3 is 0 Å². The number of fused-ring (bicyclic) bond motifs is 1. The SMILES string of the molecule is O=C(NCCCc1ncc[nH]1)c1ccc2nc(Cl)c(-c3cccs3)nc2c1. The average Bonchev–Trinajstić information content (AvgIpc) is 3.38. The molecule has 0 fully saturated rings. The van der Waals surface area contributed by atoms with Gasteiger partial charge < -0.3 is 10.3 Å². The Labute approximate surface area is 164 Å². The van der Waals surface area contributed by atoms with Crippen LogP contribution < -0.4 is 5.32 Å². The molecule has 0 aliphatic rings. The van der Waals surface area contributed by atoms with Crippen LogP contribution in [-0.4, -0.2) is 32.4 Å². The van der Waals surface area contributed by atoms with E-state index in [0.717, 1.165) is 23.5 Å². The summed E-state index contributed by atoms with van der Waals surface area (Å²) >= 11 is 7.82. The number of hydrogen-bond acceptors (Lipinski definition) is 5. The summed E-state index contributed by atoms with van der Waals surface area (Å²) in [6.45, 7) is 0.574. The molecule has 0 saturated carbocycles. The van der Waals surface area contributed by atoms with Crippen LogP contribution in [0.1, 0.15) is 22.6 Å². The van der Waals surface area contributed by atoms with Crippen LogP contribution in [0.2, 0.25) is 5.15 Å². The number of imidazole rings is 1. The Balaban J connectivity index is 1.48. The average molecular weight is 398 g/mol. The van der Waals surface area contributed by atoms with Crippen LogP contribution >= 0.6 is 22.9 Å². The summed E-state index contributed by atoms with van der Waals surface area (Å²) in [5, 5.41) is 5.25. The van der Waals surface area contributed by atoms with Gasteiger partial charge in [-0.3, -0.25) is 4.79 Å². The molecule has 0 saturated heterocycles. The van der Waals surface area contributed by atoms with Crippen molar-refractivity contribution in [3.63, 3.8) is 0 Å². The fraction of sp³-hybridized carbons (Fsp3) is 0.158. The van der Waals surface area contributed by atoms with Crippen molar-refractivity contribution in [1.29, 1.82) is 0 Å². The predicted octanol–water partition coefficient (Wildman–Crippen LogP) is 4.10. The van der Waals surface area contributed by atoms with Crippen molar-refractivity contribution in [2.24, 2.45) is 0 Å². The van der Waals surface area contributed by atoms with Gasteiger partial charge in [-0.25, -0.2) is 15.0 Å². The number of thiophene rings is 1. The Morgan fingerprint density at radius 2 is 2.15 bits per heavy atom. The van der Waals surface area contributed by atoms with Gasteiger partial charge in [-0.2, -0.15) is 0 Å². The molecule has 2 N–H and O–H groups in total. The topological polar surface area (TPSA) is 83.6 Å². The zero-order chi connectivity index (χ0) is 18.6. The van der Waals surface area contributed by atoms with E-state index in [9.17, 15) is 4.79 Å². The van der Waals surface area contributed by atoms with Gasteiger partial charge in [0, 0.05) is 30.9 Å². The first-order chi connectivity index (χ1) is 13.2. The van der Waals surface area contributed by atoms with Crippen molar-refractivity contribution in [1.82, 2.24) is 25.3 Å². The van der Waals surface area contributed by atoms with Crippen molar-refractivity contribution >= 4 is 39.9 Å². The van der Waals surface area contributed by atoms with Crippen molar-refractivity contribution < 1.29 is 4.79 Å². The fourth-order valence-electron chi connectivity index (χ4n) is 2.74. The second-order valence-electron chi connectivity index (χ2n) is 5.94. The summed E-state index contributed by atoms with van der Waals surface area (Å²) in [7, 11) is 0. The van der Waals surface area contributed by atoms with Gasteiger partial charge in [0.2, 0.25) is 0 Å². The van der Waals surface area contributed by atoms with Crippen molar-refractivity contribution in [3.8, 4) is 10.6 Å². The van der Waals surface area contributed by atoms with E-state index in [1.807, 2.05) is 17.5 Å². The van der Waals surface area contributed by atoms with Crippen molar-refractivity contribution in [2.75, 3.05) is 6.54 Å². The highest BCUT2D eigenvalue weighted by molar-refractivity contribution is 7.13. The summed E-state index contributed by atoms with van der Waals surface area (Å²) in [5.41, 5.74) is 2.49. The van der Waals surface area contributed by atoms with Gasteiger partial charge in [0.25, 0.3) is 5.91 Å². The molecule has 0 unspecified atom stereocenters. The van der Waals surface area contributed by atoms with Crippen LogP contribution in [0.15, 0.2) is 48.1 Å². The van der Waals surface area contributed by atoms with E-state index in [0.29, 0.717) is 34.0 Å². The number of halogens is 1. The van der Waals surface area contributed by atoms with Crippen LogP contribution in [0.4, 0.5) is 0 Å². The Morgan fingerprint density at radius 1 is 1.22 bits per heavy atom. The van der Waals surface area contributed by atoms with Gasteiger partial charge in [-0.1, -0.05) is 17.7 Å². The summed E-state index contributed by atoms with van der Waals surface area (Å²) in [6.07, 6.45) is 5.12. The predicted molar refractivity (Wildman–Crippen MR) is 107 cm³/mol. The van der Waals surface area contributed by atoms with Crippen molar-refractivity contribution in [2.45, 2.75) is 12.8 Å². The Kier molecular flexibility index (Phi) is 5.13. The third-order valence-corrected chi connectivity index (χ3v) is 5.21. The standard InChI is InChI=1S/C19H16ClN5OS/c20-18-17(15-3-2-10-27-15)24-14-11-12(5-6-13(14)25-18)19(26)23-7-1-4-16-21-8-9-22-16/h2-3,5-6,8-11H,1,4,7H2,(H,21,22)(H,23,26). The number of nitrogens with one attached hydrogen (secondary N) is 2. The lowest BCUT2D eigenvalue weighted by molar-refractivity contribution is 0.0953. The molecule has 0 spiro atoms. The summed E-state index contributed by atoms with van der Waals surface area (Å²) < 4.78 is 0. The maximum absolute atomic E-state index is 12.4. The molecular weight excluding hydrogens is 382 g/mol. The number of hydrogen-bond donors (Lipinski definition) is 2. The Bertz CT molecular complexity index is 1060. The smallest absolute Gasteiger partial charge is 0.251 e. The number of aryl methyl sites for hydroxylation is 1. The second-order valence-corrected chi connectivity index (χ2v) is 7.24. The van der Waals surface area contributed by atoms with Crippen molar-refractivity contribution in [3.05, 3.63) is 64.6 Å². The normalized spacial score (nSPS) is 11.0. The van der Waals surface area contributed by atoms with E-state index >= 15 is 0 Å². The molecular formula is C19H16ClN5OS. The molecule has 8 heteroatoms.